The average molecular weight is 223 g/mol. The number of nitrogens with zero attached hydrogens (tertiary/aromatic N) is 2. The van der Waals surface area contributed by atoms with Gasteiger partial charge in [0, 0.05) is 24.8 Å². The minimum absolute atomic E-state index is 0.204. The molecule has 0 aliphatic carbocycles. The number of alkyl halides is 3. The van der Waals surface area contributed by atoms with Crippen LogP contribution in [0.4, 0.5) is 13.2 Å². The summed E-state index contributed by atoms with van der Waals surface area (Å²) in [5.41, 5.74) is 3.93. The summed E-state index contributed by atoms with van der Waals surface area (Å²) in [6.45, 7) is 0.732. The van der Waals surface area contributed by atoms with Crippen molar-refractivity contribution >= 4 is 0 Å². The van der Waals surface area contributed by atoms with E-state index in [-0.39, 0.29) is 6.54 Å². The van der Waals surface area contributed by atoms with Crippen LogP contribution >= 0.6 is 0 Å². The maximum atomic E-state index is 11.7. The molecule has 0 fully saturated rings. The molecule has 1 heterocycles. The van der Waals surface area contributed by atoms with E-state index in [1.165, 1.54) is 0 Å². The van der Waals surface area contributed by atoms with E-state index in [0.29, 0.717) is 0 Å². The maximum Gasteiger partial charge on any atom is 0.413 e. The first-order chi connectivity index (χ1) is 6.90. The van der Waals surface area contributed by atoms with Crippen LogP contribution in [-0.4, -0.2) is 22.6 Å². The Hall–Kier alpha value is -1.08. The highest BCUT2D eigenvalue weighted by molar-refractivity contribution is 5.14. The lowest BCUT2D eigenvalue weighted by Gasteiger charge is -2.07. The molecule has 0 amide bonds. The first kappa shape index (κ1) is 12.0. The second-order valence-corrected chi connectivity index (χ2v) is 3.10. The zero-order valence-corrected chi connectivity index (χ0v) is 8.43. The number of hydrogen-bond acceptors (Lipinski definition) is 3. The standard InChI is InChI=1S/C8H12F3N3O/c1-6-7(3-12-14(6)2)4-13-15-5-8(9,10)11/h3,13H,4-5H2,1-2H3. The fourth-order valence-electron chi connectivity index (χ4n) is 0.979. The van der Waals surface area contributed by atoms with E-state index in [0.717, 1.165) is 11.3 Å². The molecule has 15 heavy (non-hydrogen) atoms. The molecule has 0 spiro atoms. The van der Waals surface area contributed by atoms with Crippen LogP contribution in [0, 0.1) is 6.92 Å². The van der Waals surface area contributed by atoms with E-state index in [1.807, 2.05) is 6.92 Å². The van der Waals surface area contributed by atoms with Gasteiger partial charge in [0.2, 0.25) is 0 Å². The number of rotatable bonds is 4. The molecule has 1 aromatic rings. The zero-order valence-electron chi connectivity index (χ0n) is 8.43. The number of hydroxylamine groups is 1. The summed E-state index contributed by atoms with van der Waals surface area (Å²) in [5, 5.41) is 3.94. The Labute approximate surface area is 85.0 Å². The van der Waals surface area contributed by atoms with Gasteiger partial charge in [-0.25, -0.2) is 0 Å². The van der Waals surface area contributed by atoms with Crippen molar-refractivity contribution in [2.24, 2.45) is 7.05 Å². The van der Waals surface area contributed by atoms with Crippen LogP contribution in [0.5, 0.6) is 0 Å². The smallest absolute Gasteiger partial charge is 0.292 e. The van der Waals surface area contributed by atoms with Gasteiger partial charge in [-0.3, -0.25) is 9.52 Å². The second kappa shape index (κ2) is 4.63. The van der Waals surface area contributed by atoms with Crippen LogP contribution in [0.25, 0.3) is 0 Å². The van der Waals surface area contributed by atoms with Gasteiger partial charge < -0.3 is 0 Å². The van der Waals surface area contributed by atoms with Crippen LogP contribution in [0.15, 0.2) is 6.20 Å². The van der Waals surface area contributed by atoms with Gasteiger partial charge in [0.15, 0.2) is 6.61 Å². The predicted molar refractivity (Wildman–Crippen MR) is 46.8 cm³/mol. The first-order valence-corrected chi connectivity index (χ1v) is 4.29. The molecule has 0 unspecified atom stereocenters. The van der Waals surface area contributed by atoms with Crippen molar-refractivity contribution in [3.63, 3.8) is 0 Å². The molecule has 0 saturated heterocycles. The lowest BCUT2D eigenvalue weighted by molar-refractivity contribution is -0.190. The van der Waals surface area contributed by atoms with E-state index in [2.05, 4.69) is 15.4 Å². The molecular formula is C8H12F3N3O. The summed E-state index contributed by atoms with van der Waals surface area (Å²) < 4.78 is 36.7. The molecule has 86 valence electrons. The molecule has 1 rings (SSSR count). The molecule has 4 nitrogen and oxygen atoms in total. The molecule has 0 radical (unpaired) electrons. The summed E-state index contributed by atoms with van der Waals surface area (Å²) in [6, 6.07) is 0. The Kier molecular flexibility index (Phi) is 3.70. The lowest BCUT2D eigenvalue weighted by atomic mass is 10.3. The quantitative estimate of drug-likeness (QED) is 0.618. The highest BCUT2D eigenvalue weighted by atomic mass is 19.4. The fraction of sp³-hybridized carbons (Fsp3) is 0.625. The lowest BCUT2D eigenvalue weighted by Crippen LogP contribution is -2.24. The van der Waals surface area contributed by atoms with E-state index in [4.69, 9.17) is 0 Å². The van der Waals surface area contributed by atoms with E-state index in [9.17, 15) is 13.2 Å². The van der Waals surface area contributed by atoms with Crippen molar-refractivity contribution in [1.29, 1.82) is 0 Å². The first-order valence-electron chi connectivity index (χ1n) is 4.29. The van der Waals surface area contributed by atoms with Gasteiger partial charge in [-0.15, -0.1) is 0 Å². The van der Waals surface area contributed by atoms with Gasteiger partial charge in [0.05, 0.1) is 6.20 Å². The molecule has 1 aromatic heterocycles. The van der Waals surface area contributed by atoms with Gasteiger partial charge >= 0.3 is 6.18 Å². The van der Waals surface area contributed by atoms with Crippen LogP contribution in [0.3, 0.4) is 0 Å². The maximum absolute atomic E-state index is 11.7. The average Bonchev–Trinajstić information content (AvgIpc) is 2.42. The minimum atomic E-state index is -4.31. The van der Waals surface area contributed by atoms with Crippen molar-refractivity contribution in [3.05, 3.63) is 17.5 Å². The third kappa shape index (κ3) is 3.88. The Bertz CT molecular complexity index is 321. The van der Waals surface area contributed by atoms with Crippen LogP contribution < -0.4 is 5.48 Å². The summed E-state index contributed by atoms with van der Waals surface area (Å²) in [7, 11) is 1.76. The molecule has 0 saturated carbocycles. The Balaban J connectivity index is 2.30. The summed E-state index contributed by atoms with van der Waals surface area (Å²) in [5.74, 6) is 0. The number of aryl methyl sites for hydroxylation is 1. The molecule has 0 aliphatic heterocycles. The number of hydrogen-bond donors (Lipinski definition) is 1. The Morgan fingerprint density at radius 1 is 1.53 bits per heavy atom. The number of halogens is 3. The van der Waals surface area contributed by atoms with Gasteiger partial charge in [0.25, 0.3) is 0 Å². The topological polar surface area (TPSA) is 39.1 Å². The highest BCUT2D eigenvalue weighted by Crippen LogP contribution is 2.13. The van der Waals surface area contributed by atoms with Crippen molar-refractivity contribution in [1.82, 2.24) is 15.3 Å². The van der Waals surface area contributed by atoms with Gasteiger partial charge in [-0.2, -0.15) is 23.8 Å². The Morgan fingerprint density at radius 3 is 2.67 bits per heavy atom. The number of aromatic nitrogens is 2. The monoisotopic (exact) mass is 223 g/mol. The van der Waals surface area contributed by atoms with Crippen LogP contribution in [0.2, 0.25) is 0 Å². The molecule has 7 heteroatoms. The largest absolute Gasteiger partial charge is 0.413 e. The van der Waals surface area contributed by atoms with Crippen molar-refractivity contribution in [2.45, 2.75) is 19.6 Å². The third-order valence-corrected chi connectivity index (χ3v) is 1.94. The summed E-state index contributed by atoms with van der Waals surface area (Å²) in [4.78, 5) is 4.25. The molecule has 0 atom stereocenters. The number of nitrogens with one attached hydrogen (secondary N) is 1. The minimum Gasteiger partial charge on any atom is -0.292 e. The van der Waals surface area contributed by atoms with Gasteiger partial charge in [-0.05, 0) is 6.92 Å². The molecular weight excluding hydrogens is 211 g/mol. The molecule has 1 N–H and O–H groups in total. The second-order valence-electron chi connectivity index (χ2n) is 3.10. The molecule has 0 aliphatic rings. The molecule has 0 aromatic carbocycles. The van der Waals surface area contributed by atoms with Crippen molar-refractivity contribution in [2.75, 3.05) is 6.61 Å². The Morgan fingerprint density at radius 2 is 2.20 bits per heavy atom. The predicted octanol–water partition coefficient (Wildman–Crippen LogP) is 1.31. The summed E-state index contributed by atoms with van der Waals surface area (Å²) in [6.07, 6.45) is -2.73. The van der Waals surface area contributed by atoms with Gasteiger partial charge in [-0.1, -0.05) is 0 Å². The van der Waals surface area contributed by atoms with E-state index >= 15 is 0 Å². The van der Waals surface area contributed by atoms with Crippen LogP contribution in [-0.2, 0) is 18.4 Å². The normalized spacial score (nSPS) is 12.1. The van der Waals surface area contributed by atoms with Gasteiger partial charge in [0.1, 0.15) is 0 Å². The van der Waals surface area contributed by atoms with E-state index in [1.54, 1.807) is 17.9 Å². The molecule has 0 bridgehead atoms. The highest BCUT2D eigenvalue weighted by Gasteiger charge is 2.27. The fourth-order valence-corrected chi connectivity index (χ4v) is 0.979. The third-order valence-electron chi connectivity index (χ3n) is 1.94. The van der Waals surface area contributed by atoms with Crippen molar-refractivity contribution in [3.8, 4) is 0 Å². The SMILES string of the molecule is Cc1c(CNOCC(F)(F)F)cnn1C. The summed E-state index contributed by atoms with van der Waals surface area (Å²) >= 11 is 0. The van der Waals surface area contributed by atoms with Crippen molar-refractivity contribution < 1.29 is 18.0 Å². The zero-order chi connectivity index (χ0) is 11.5. The van der Waals surface area contributed by atoms with E-state index < -0.39 is 12.8 Å². The van der Waals surface area contributed by atoms with Crippen LogP contribution in [0.1, 0.15) is 11.3 Å².